The molecule has 2 rings (SSSR count). The molecule has 0 aliphatic heterocycles. The van der Waals surface area contributed by atoms with Gasteiger partial charge < -0.3 is 15.2 Å². The minimum atomic E-state index is 0.843. The van der Waals surface area contributed by atoms with Gasteiger partial charge in [0.15, 0.2) is 0 Å². The Bertz CT molecular complexity index is 518. The zero-order valence-electron chi connectivity index (χ0n) is 11.7. The largest absolute Gasteiger partial charge is 0.397 e. The van der Waals surface area contributed by atoms with E-state index < -0.39 is 0 Å². The van der Waals surface area contributed by atoms with Gasteiger partial charge in [-0.2, -0.15) is 0 Å². The molecule has 0 unspecified atom stereocenters. The highest BCUT2D eigenvalue weighted by Crippen LogP contribution is 2.22. The highest BCUT2D eigenvalue weighted by Gasteiger charge is 2.09. The van der Waals surface area contributed by atoms with Crippen molar-refractivity contribution in [1.82, 2.24) is 9.55 Å². The predicted octanol–water partition coefficient (Wildman–Crippen LogP) is 2.46. The van der Waals surface area contributed by atoms with Gasteiger partial charge in [0, 0.05) is 39.0 Å². The summed E-state index contributed by atoms with van der Waals surface area (Å²) in [5.41, 5.74) is 8.04. The van der Waals surface area contributed by atoms with E-state index in [1.807, 2.05) is 37.6 Å². The number of para-hydroxylation sites is 2. The van der Waals surface area contributed by atoms with Crippen LogP contribution in [0.25, 0.3) is 0 Å². The Morgan fingerprint density at radius 1 is 1.26 bits per heavy atom. The molecule has 0 saturated carbocycles. The first kappa shape index (κ1) is 13.5. The standard InChI is InChI=1S/C15H22N4/c1-3-10-19(14-7-5-4-6-13(14)16)11-8-15-17-9-12-18(15)2/h4-7,9,12H,3,8,10-11,16H2,1-2H3. The molecule has 4 nitrogen and oxygen atoms in total. The Morgan fingerprint density at radius 3 is 2.68 bits per heavy atom. The second-order valence-electron chi connectivity index (χ2n) is 4.75. The molecule has 0 fully saturated rings. The van der Waals surface area contributed by atoms with Crippen molar-refractivity contribution in [1.29, 1.82) is 0 Å². The van der Waals surface area contributed by atoms with Gasteiger partial charge >= 0.3 is 0 Å². The van der Waals surface area contributed by atoms with E-state index in [1.54, 1.807) is 0 Å². The zero-order chi connectivity index (χ0) is 13.7. The molecule has 0 aliphatic rings. The Hall–Kier alpha value is -1.97. The maximum atomic E-state index is 6.07. The second-order valence-corrected chi connectivity index (χ2v) is 4.75. The first-order chi connectivity index (χ1) is 9.22. The number of benzene rings is 1. The number of nitrogen functional groups attached to an aromatic ring is 1. The van der Waals surface area contributed by atoms with Gasteiger partial charge in [-0.05, 0) is 18.6 Å². The molecule has 0 amide bonds. The Labute approximate surface area is 114 Å². The summed E-state index contributed by atoms with van der Waals surface area (Å²) in [5, 5.41) is 0. The van der Waals surface area contributed by atoms with Crippen LogP contribution in [0.15, 0.2) is 36.7 Å². The third-order valence-electron chi connectivity index (χ3n) is 3.30. The molecule has 1 heterocycles. The van der Waals surface area contributed by atoms with Crippen LogP contribution in [0, 0.1) is 0 Å². The maximum Gasteiger partial charge on any atom is 0.110 e. The lowest BCUT2D eigenvalue weighted by atomic mass is 10.2. The van der Waals surface area contributed by atoms with Crippen LogP contribution >= 0.6 is 0 Å². The Balaban J connectivity index is 2.09. The molecule has 0 spiro atoms. The number of hydrogen-bond donors (Lipinski definition) is 1. The molecule has 0 radical (unpaired) electrons. The summed E-state index contributed by atoms with van der Waals surface area (Å²) in [7, 11) is 2.03. The lowest BCUT2D eigenvalue weighted by Crippen LogP contribution is -2.28. The molecular weight excluding hydrogens is 236 g/mol. The topological polar surface area (TPSA) is 47.1 Å². The van der Waals surface area contributed by atoms with Crippen molar-refractivity contribution in [2.45, 2.75) is 19.8 Å². The third kappa shape index (κ3) is 3.28. The van der Waals surface area contributed by atoms with Gasteiger partial charge in [0.25, 0.3) is 0 Å². The molecule has 0 saturated heterocycles. The van der Waals surface area contributed by atoms with E-state index in [0.29, 0.717) is 0 Å². The van der Waals surface area contributed by atoms with E-state index in [1.165, 1.54) is 0 Å². The van der Waals surface area contributed by atoms with Crippen molar-refractivity contribution < 1.29 is 0 Å². The van der Waals surface area contributed by atoms with E-state index in [2.05, 4.69) is 27.4 Å². The van der Waals surface area contributed by atoms with Crippen molar-refractivity contribution >= 4 is 11.4 Å². The fourth-order valence-corrected chi connectivity index (χ4v) is 2.27. The van der Waals surface area contributed by atoms with Crippen molar-refractivity contribution in [3.63, 3.8) is 0 Å². The average Bonchev–Trinajstić information content (AvgIpc) is 2.81. The van der Waals surface area contributed by atoms with Crippen LogP contribution in [-0.2, 0) is 13.5 Å². The summed E-state index contributed by atoms with van der Waals surface area (Å²) < 4.78 is 2.07. The number of anilines is 2. The second kappa shape index (κ2) is 6.27. The van der Waals surface area contributed by atoms with E-state index in [-0.39, 0.29) is 0 Å². The Kier molecular flexibility index (Phi) is 4.44. The summed E-state index contributed by atoms with van der Waals surface area (Å²) in [4.78, 5) is 6.71. The molecule has 0 aliphatic carbocycles. The summed E-state index contributed by atoms with van der Waals surface area (Å²) in [6.45, 7) is 4.14. The number of imidazole rings is 1. The fraction of sp³-hybridized carbons (Fsp3) is 0.400. The lowest BCUT2D eigenvalue weighted by molar-refractivity contribution is 0.711. The van der Waals surface area contributed by atoms with Crippen molar-refractivity contribution in [2.75, 3.05) is 23.7 Å². The van der Waals surface area contributed by atoms with Gasteiger partial charge in [0.05, 0.1) is 11.4 Å². The minimum absolute atomic E-state index is 0.843. The zero-order valence-corrected chi connectivity index (χ0v) is 11.7. The van der Waals surface area contributed by atoms with E-state index in [4.69, 9.17) is 5.73 Å². The van der Waals surface area contributed by atoms with Crippen molar-refractivity contribution in [2.24, 2.45) is 7.05 Å². The quantitative estimate of drug-likeness (QED) is 0.810. The number of rotatable bonds is 6. The maximum absolute atomic E-state index is 6.07. The Morgan fingerprint density at radius 2 is 2.05 bits per heavy atom. The molecule has 0 atom stereocenters. The van der Waals surface area contributed by atoms with E-state index in [0.717, 1.165) is 43.1 Å². The van der Waals surface area contributed by atoms with Crippen molar-refractivity contribution in [3.8, 4) is 0 Å². The van der Waals surface area contributed by atoms with Gasteiger partial charge in [-0.25, -0.2) is 4.98 Å². The van der Waals surface area contributed by atoms with Crippen LogP contribution in [0.3, 0.4) is 0 Å². The van der Waals surface area contributed by atoms with Gasteiger partial charge in [0.1, 0.15) is 5.82 Å². The van der Waals surface area contributed by atoms with Crippen LogP contribution in [0.2, 0.25) is 0 Å². The first-order valence-corrected chi connectivity index (χ1v) is 6.78. The summed E-state index contributed by atoms with van der Waals surface area (Å²) in [5.74, 6) is 1.11. The number of aromatic nitrogens is 2. The minimum Gasteiger partial charge on any atom is -0.397 e. The van der Waals surface area contributed by atoms with Gasteiger partial charge in [-0.15, -0.1) is 0 Å². The molecule has 19 heavy (non-hydrogen) atoms. The summed E-state index contributed by atoms with van der Waals surface area (Å²) in [6, 6.07) is 8.05. The molecule has 4 heteroatoms. The first-order valence-electron chi connectivity index (χ1n) is 6.78. The van der Waals surface area contributed by atoms with Gasteiger partial charge in [-0.1, -0.05) is 19.1 Å². The SMILES string of the molecule is CCCN(CCc1nccn1C)c1ccccc1N. The van der Waals surface area contributed by atoms with Crippen LogP contribution in [0.5, 0.6) is 0 Å². The normalized spacial score (nSPS) is 10.6. The third-order valence-corrected chi connectivity index (χ3v) is 3.30. The number of nitrogens with two attached hydrogens (primary N) is 1. The molecule has 102 valence electrons. The summed E-state index contributed by atoms with van der Waals surface area (Å²) in [6.07, 6.45) is 5.86. The molecule has 2 N–H and O–H groups in total. The number of hydrogen-bond acceptors (Lipinski definition) is 3. The lowest BCUT2D eigenvalue weighted by Gasteiger charge is -2.25. The summed E-state index contributed by atoms with van der Waals surface area (Å²) >= 11 is 0. The highest BCUT2D eigenvalue weighted by atomic mass is 15.1. The monoisotopic (exact) mass is 258 g/mol. The van der Waals surface area contributed by atoms with Crippen LogP contribution in [0.4, 0.5) is 11.4 Å². The average molecular weight is 258 g/mol. The van der Waals surface area contributed by atoms with Gasteiger partial charge in [0.2, 0.25) is 0 Å². The molecular formula is C15H22N4. The number of aryl methyl sites for hydroxylation is 1. The molecule has 0 bridgehead atoms. The fourth-order valence-electron chi connectivity index (χ4n) is 2.27. The molecule has 1 aromatic carbocycles. The molecule has 2 aromatic rings. The van der Waals surface area contributed by atoms with E-state index >= 15 is 0 Å². The molecule has 1 aromatic heterocycles. The van der Waals surface area contributed by atoms with Gasteiger partial charge in [-0.3, -0.25) is 0 Å². The number of nitrogens with zero attached hydrogens (tertiary/aromatic N) is 3. The van der Waals surface area contributed by atoms with Crippen LogP contribution in [0.1, 0.15) is 19.2 Å². The highest BCUT2D eigenvalue weighted by molar-refractivity contribution is 5.67. The van der Waals surface area contributed by atoms with E-state index in [9.17, 15) is 0 Å². The predicted molar refractivity (Wildman–Crippen MR) is 80.3 cm³/mol. The van der Waals surface area contributed by atoms with Crippen molar-refractivity contribution in [3.05, 3.63) is 42.5 Å². The van der Waals surface area contributed by atoms with Crippen LogP contribution in [-0.4, -0.2) is 22.6 Å². The smallest absolute Gasteiger partial charge is 0.110 e. The van der Waals surface area contributed by atoms with Crippen LogP contribution < -0.4 is 10.6 Å².